The molecule has 10 heteroatoms. The number of likely N-dealkylation sites (N-methyl/N-ethyl adjacent to an activating group) is 1. The van der Waals surface area contributed by atoms with Gasteiger partial charge in [-0.3, -0.25) is 9.69 Å². The molecule has 4 aromatic rings. The highest BCUT2D eigenvalue weighted by atomic mass is 79.9. The van der Waals surface area contributed by atoms with Gasteiger partial charge in [-0.05, 0) is 71.6 Å². The summed E-state index contributed by atoms with van der Waals surface area (Å²) >= 11 is 4.94. The number of hydrogen-bond acceptors (Lipinski definition) is 6. The number of rotatable bonds is 8. The molecule has 5 rings (SSSR count). The Morgan fingerprint density at radius 3 is 2.39 bits per heavy atom. The van der Waals surface area contributed by atoms with Gasteiger partial charge < -0.3 is 10.6 Å². The fraction of sp³-hybridized carbons (Fsp3) is 0.323. The van der Waals surface area contributed by atoms with Gasteiger partial charge in [0.2, 0.25) is 10.0 Å². The van der Waals surface area contributed by atoms with E-state index in [2.05, 4.69) is 77.0 Å². The Morgan fingerprint density at radius 2 is 1.71 bits per heavy atom. The fourth-order valence-electron chi connectivity index (χ4n) is 5.35. The monoisotopic (exact) mass is 654 g/mol. The van der Waals surface area contributed by atoms with E-state index in [9.17, 15) is 13.2 Å². The van der Waals surface area contributed by atoms with E-state index < -0.39 is 21.3 Å². The largest absolute Gasteiger partial charge is 0.365 e. The number of primary amides is 1. The lowest BCUT2D eigenvalue weighted by atomic mass is 9.77. The molecule has 7 nitrogen and oxygen atoms in total. The molecule has 1 fully saturated rings. The molecule has 1 amide bonds. The minimum atomic E-state index is -3.70. The summed E-state index contributed by atoms with van der Waals surface area (Å²) in [5.74, 6) is -0.501. The molecular formula is C31H35BrN4O3S2. The lowest BCUT2D eigenvalue weighted by molar-refractivity contribution is 0.100. The van der Waals surface area contributed by atoms with Crippen molar-refractivity contribution >= 4 is 64.7 Å². The van der Waals surface area contributed by atoms with Gasteiger partial charge in [0.05, 0.1) is 22.5 Å². The highest BCUT2D eigenvalue weighted by molar-refractivity contribution is 9.10. The van der Waals surface area contributed by atoms with Crippen LogP contribution >= 0.6 is 27.3 Å². The Hall–Kier alpha value is -2.76. The van der Waals surface area contributed by atoms with Crippen molar-refractivity contribution < 1.29 is 13.2 Å². The van der Waals surface area contributed by atoms with Crippen molar-refractivity contribution in [3.05, 3.63) is 92.8 Å². The van der Waals surface area contributed by atoms with Crippen LogP contribution in [0.15, 0.2) is 71.2 Å². The Morgan fingerprint density at radius 1 is 0.976 bits per heavy atom. The molecular weight excluding hydrogens is 620 g/mol. The number of sulfonamides is 1. The number of carbonyl (C=O) groups excluding carboxylic acids is 1. The van der Waals surface area contributed by atoms with E-state index in [0.29, 0.717) is 16.3 Å². The van der Waals surface area contributed by atoms with Crippen LogP contribution in [-0.4, -0.2) is 63.6 Å². The standard InChI is InChI=1S/C31H35BrN4O3S2/c1-31(2,23-7-5-6-21(14-23)20-35-12-10-34(3)11-13-35)24-17-25(32)19-27(18-24)36(41(4,38)39)26-8-9-28-22(15-26)16-29(40-28)30(33)37/h5-9,14-19H,10-13,20H2,1-4H3,(H2,33,37). The number of halogens is 1. The number of fused-ring (bicyclic) bond motifs is 1. The molecule has 1 aliphatic heterocycles. The molecule has 0 radical (unpaired) electrons. The number of benzene rings is 3. The zero-order chi connectivity index (χ0) is 29.5. The maximum atomic E-state index is 13.2. The van der Waals surface area contributed by atoms with Crippen LogP contribution in [0.3, 0.4) is 0 Å². The van der Waals surface area contributed by atoms with Gasteiger partial charge in [-0.2, -0.15) is 0 Å². The minimum Gasteiger partial charge on any atom is -0.365 e. The second-order valence-corrected chi connectivity index (χ2v) is 15.2. The normalized spacial score (nSPS) is 15.3. The summed E-state index contributed by atoms with van der Waals surface area (Å²) in [6.45, 7) is 9.51. The van der Waals surface area contributed by atoms with Gasteiger partial charge in [-0.25, -0.2) is 12.7 Å². The second-order valence-electron chi connectivity index (χ2n) is 11.3. The number of anilines is 2. The molecule has 0 atom stereocenters. The van der Waals surface area contributed by atoms with Crippen LogP contribution in [0.1, 0.15) is 40.2 Å². The molecule has 2 heterocycles. The number of hydrogen-bond donors (Lipinski definition) is 1. The van der Waals surface area contributed by atoms with Crippen LogP contribution < -0.4 is 10.0 Å². The summed E-state index contributed by atoms with van der Waals surface area (Å²) in [6.07, 6.45) is 1.20. The topological polar surface area (TPSA) is 86.9 Å². The quantitative estimate of drug-likeness (QED) is 0.254. The molecule has 0 bridgehead atoms. The molecule has 0 aliphatic carbocycles. The Kier molecular flexibility index (Phi) is 8.33. The van der Waals surface area contributed by atoms with Crippen molar-refractivity contribution in [1.82, 2.24) is 9.80 Å². The average Bonchev–Trinajstić information content (AvgIpc) is 3.33. The van der Waals surface area contributed by atoms with Crippen LogP contribution in [0.5, 0.6) is 0 Å². The maximum Gasteiger partial charge on any atom is 0.258 e. The molecule has 0 saturated carbocycles. The fourth-order valence-corrected chi connectivity index (χ4v) is 7.71. The van der Waals surface area contributed by atoms with E-state index in [0.717, 1.165) is 58.4 Å². The van der Waals surface area contributed by atoms with Crippen LogP contribution in [0, 0.1) is 0 Å². The van der Waals surface area contributed by atoms with Crippen LogP contribution in [0.4, 0.5) is 11.4 Å². The number of amides is 1. The number of nitrogens with two attached hydrogens (primary N) is 1. The first-order chi connectivity index (χ1) is 19.3. The molecule has 3 aromatic carbocycles. The number of nitrogens with zero attached hydrogens (tertiary/aromatic N) is 3. The predicted molar refractivity (Wildman–Crippen MR) is 173 cm³/mol. The summed E-state index contributed by atoms with van der Waals surface area (Å²) in [5, 5.41) is 0.766. The highest BCUT2D eigenvalue weighted by Crippen LogP contribution is 2.40. The van der Waals surface area contributed by atoms with Gasteiger partial charge in [0.15, 0.2) is 0 Å². The van der Waals surface area contributed by atoms with E-state index in [-0.39, 0.29) is 0 Å². The lowest BCUT2D eigenvalue weighted by Gasteiger charge is -2.33. The molecule has 1 aromatic heterocycles. The lowest BCUT2D eigenvalue weighted by Crippen LogP contribution is -2.43. The van der Waals surface area contributed by atoms with E-state index in [1.807, 2.05) is 18.2 Å². The number of carbonyl (C=O) groups is 1. The number of thiophene rings is 1. The van der Waals surface area contributed by atoms with Crippen molar-refractivity contribution in [2.75, 3.05) is 43.8 Å². The van der Waals surface area contributed by atoms with E-state index in [1.54, 1.807) is 18.2 Å². The van der Waals surface area contributed by atoms with Crippen LogP contribution in [-0.2, 0) is 22.0 Å². The third kappa shape index (κ3) is 6.52. The van der Waals surface area contributed by atoms with E-state index in [1.165, 1.54) is 27.5 Å². The van der Waals surface area contributed by atoms with Crippen molar-refractivity contribution in [3.63, 3.8) is 0 Å². The summed E-state index contributed by atoms with van der Waals surface area (Å²) in [5.41, 5.74) is 9.52. The first kappa shape index (κ1) is 29.7. The molecule has 2 N–H and O–H groups in total. The van der Waals surface area contributed by atoms with Crippen molar-refractivity contribution in [2.45, 2.75) is 25.8 Å². The summed E-state index contributed by atoms with van der Waals surface area (Å²) in [4.78, 5) is 17.0. The first-order valence-electron chi connectivity index (χ1n) is 13.5. The van der Waals surface area contributed by atoms with Crippen molar-refractivity contribution in [1.29, 1.82) is 0 Å². The van der Waals surface area contributed by atoms with Crippen molar-refractivity contribution in [3.8, 4) is 0 Å². The molecule has 1 aliphatic rings. The second kappa shape index (κ2) is 11.5. The smallest absolute Gasteiger partial charge is 0.258 e. The molecule has 0 unspecified atom stereocenters. The summed E-state index contributed by atoms with van der Waals surface area (Å²) in [6, 6.07) is 21.6. The summed E-state index contributed by atoms with van der Waals surface area (Å²) in [7, 11) is -1.54. The van der Waals surface area contributed by atoms with Gasteiger partial charge in [0, 0.05) is 47.3 Å². The Bertz CT molecular complexity index is 1710. The first-order valence-corrected chi connectivity index (χ1v) is 16.9. The van der Waals surface area contributed by atoms with Gasteiger partial charge >= 0.3 is 0 Å². The van der Waals surface area contributed by atoms with Crippen molar-refractivity contribution in [2.24, 2.45) is 5.73 Å². The van der Waals surface area contributed by atoms with Crippen LogP contribution in [0.2, 0.25) is 0 Å². The van der Waals surface area contributed by atoms with Crippen LogP contribution in [0.25, 0.3) is 10.1 Å². The zero-order valence-electron chi connectivity index (χ0n) is 23.7. The number of piperazine rings is 1. The van der Waals surface area contributed by atoms with Gasteiger partial charge in [0.25, 0.3) is 5.91 Å². The minimum absolute atomic E-state index is 0.395. The average molecular weight is 656 g/mol. The molecule has 216 valence electrons. The molecule has 1 saturated heterocycles. The highest BCUT2D eigenvalue weighted by Gasteiger charge is 2.28. The molecule has 0 spiro atoms. The van der Waals surface area contributed by atoms with Gasteiger partial charge in [-0.15, -0.1) is 11.3 Å². The Labute approximate surface area is 254 Å². The van der Waals surface area contributed by atoms with E-state index >= 15 is 0 Å². The SMILES string of the molecule is CN1CCN(Cc2cccc(C(C)(C)c3cc(Br)cc(N(c4ccc5sc(C(N)=O)cc5c4)S(C)(=O)=O)c3)c2)CC1. The van der Waals surface area contributed by atoms with Gasteiger partial charge in [0.1, 0.15) is 0 Å². The van der Waals surface area contributed by atoms with E-state index in [4.69, 9.17) is 5.73 Å². The zero-order valence-corrected chi connectivity index (χ0v) is 26.9. The predicted octanol–water partition coefficient (Wildman–Crippen LogP) is 5.93. The summed E-state index contributed by atoms with van der Waals surface area (Å²) < 4.78 is 29.4. The third-order valence-corrected chi connectivity index (χ3v) is 10.5. The third-order valence-electron chi connectivity index (χ3n) is 7.80. The molecule has 41 heavy (non-hydrogen) atoms. The van der Waals surface area contributed by atoms with Gasteiger partial charge in [-0.1, -0.05) is 54.0 Å². The Balaban J connectivity index is 1.51. The maximum absolute atomic E-state index is 13.2.